The first-order valence-electron chi connectivity index (χ1n) is 5.80. The number of rotatable bonds is 4. The van der Waals surface area contributed by atoms with Gasteiger partial charge in [-0.1, -0.05) is 0 Å². The highest BCUT2D eigenvalue weighted by atomic mass is 32.2. The number of aromatic amines is 1. The van der Waals surface area contributed by atoms with Gasteiger partial charge in [-0.25, -0.2) is 4.98 Å². The zero-order valence-electron chi connectivity index (χ0n) is 10.9. The predicted octanol–water partition coefficient (Wildman–Crippen LogP) is 1.71. The fourth-order valence-corrected chi connectivity index (χ4v) is 3.41. The third kappa shape index (κ3) is 2.82. The smallest absolute Gasteiger partial charge is 0.259 e. The van der Waals surface area contributed by atoms with Crippen molar-refractivity contribution in [3.8, 4) is 0 Å². The Morgan fingerprint density at radius 1 is 1.53 bits per heavy atom. The van der Waals surface area contributed by atoms with Crippen LogP contribution in [0.3, 0.4) is 0 Å². The lowest BCUT2D eigenvalue weighted by Crippen LogP contribution is -2.23. The van der Waals surface area contributed by atoms with E-state index in [4.69, 9.17) is 5.73 Å². The first kappa shape index (κ1) is 14.1. The monoisotopic (exact) mass is 297 g/mol. The van der Waals surface area contributed by atoms with Crippen molar-refractivity contribution in [2.45, 2.75) is 31.8 Å². The number of hydrogen-bond donors (Lipinski definition) is 2. The fraction of sp³-hybridized carbons (Fsp3) is 0.417. The van der Waals surface area contributed by atoms with E-state index in [0.717, 1.165) is 15.3 Å². The van der Waals surface area contributed by atoms with E-state index >= 15 is 0 Å². The molecule has 0 aliphatic carbocycles. The van der Waals surface area contributed by atoms with Gasteiger partial charge in [0.1, 0.15) is 10.7 Å². The molecule has 0 aliphatic rings. The summed E-state index contributed by atoms with van der Waals surface area (Å²) in [5.74, 6) is 0.679. The van der Waals surface area contributed by atoms with E-state index < -0.39 is 0 Å². The number of thiophene rings is 1. The Balaban J connectivity index is 2.31. The molecule has 102 valence electrons. The largest absolute Gasteiger partial charge is 0.369 e. The van der Waals surface area contributed by atoms with E-state index in [2.05, 4.69) is 9.97 Å². The van der Waals surface area contributed by atoms with Crippen molar-refractivity contribution in [2.24, 2.45) is 5.73 Å². The van der Waals surface area contributed by atoms with Gasteiger partial charge in [0.05, 0.1) is 16.4 Å². The summed E-state index contributed by atoms with van der Waals surface area (Å²) < 4.78 is 0. The van der Waals surface area contributed by atoms with E-state index in [9.17, 15) is 9.59 Å². The standard InChI is InChI=1S/C12H15N3O2S2/c1-5-6(2)19-12-9(5)11(17)14-8(15-12)4-18-7(3)10(13)16/h7H,4H2,1-3H3,(H2,13,16)(H,14,15,17)/t7-/m1/s1. The first-order chi connectivity index (χ1) is 8.90. The van der Waals surface area contributed by atoms with Crippen molar-refractivity contribution in [2.75, 3.05) is 0 Å². The number of thioether (sulfide) groups is 1. The number of nitrogens with two attached hydrogens (primary N) is 1. The third-order valence-electron chi connectivity index (χ3n) is 2.96. The second-order valence-electron chi connectivity index (χ2n) is 4.33. The molecule has 0 unspecified atom stereocenters. The summed E-state index contributed by atoms with van der Waals surface area (Å²) in [6.07, 6.45) is 0. The maximum atomic E-state index is 12.0. The van der Waals surface area contributed by atoms with Crippen LogP contribution in [0.1, 0.15) is 23.2 Å². The van der Waals surface area contributed by atoms with Crippen molar-refractivity contribution >= 4 is 39.2 Å². The lowest BCUT2D eigenvalue weighted by atomic mass is 10.2. The maximum Gasteiger partial charge on any atom is 0.259 e. The Morgan fingerprint density at radius 2 is 2.21 bits per heavy atom. The number of aryl methyl sites for hydroxylation is 2. The summed E-state index contributed by atoms with van der Waals surface area (Å²) in [5, 5.41) is 0.368. The average molecular weight is 297 g/mol. The Labute approximate surface area is 118 Å². The summed E-state index contributed by atoms with van der Waals surface area (Å²) in [4.78, 5) is 32.0. The minimum atomic E-state index is -0.365. The summed E-state index contributed by atoms with van der Waals surface area (Å²) in [6.45, 7) is 5.64. The second-order valence-corrected chi connectivity index (χ2v) is 6.86. The SMILES string of the molecule is Cc1sc2nc(CS[C@H](C)C(N)=O)[nH]c(=O)c2c1C. The molecule has 3 N–H and O–H groups in total. The van der Waals surface area contributed by atoms with Gasteiger partial charge in [0.15, 0.2) is 0 Å². The lowest BCUT2D eigenvalue weighted by molar-refractivity contribution is -0.117. The first-order valence-corrected chi connectivity index (χ1v) is 7.66. The zero-order chi connectivity index (χ0) is 14.2. The normalized spacial score (nSPS) is 12.8. The third-order valence-corrected chi connectivity index (χ3v) is 5.23. The molecule has 1 amide bonds. The number of hydrogen-bond acceptors (Lipinski definition) is 5. The summed E-state index contributed by atoms with van der Waals surface area (Å²) in [5.41, 5.74) is 6.06. The average Bonchev–Trinajstić information content (AvgIpc) is 2.62. The number of H-pyrrole nitrogens is 1. The molecule has 0 saturated heterocycles. The van der Waals surface area contributed by atoms with Gasteiger partial charge < -0.3 is 10.7 Å². The molecule has 0 aliphatic heterocycles. The maximum absolute atomic E-state index is 12.0. The molecular formula is C12H15N3O2S2. The van der Waals surface area contributed by atoms with Crippen molar-refractivity contribution in [3.05, 3.63) is 26.6 Å². The molecular weight excluding hydrogens is 282 g/mol. The number of aromatic nitrogens is 2. The van der Waals surface area contributed by atoms with E-state index in [-0.39, 0.29) is 16.7 Å². The Kier molecular flexibility index (Phi) is 3.96. The number of amides is 1. The molecule has 19 heavy (non-hydrogen) atoms. The fourth-order valence-electron chi connectivity index (χ4n) is 1.65. The molecule has 2 heterocycles. The molecule has 0 saturated carbocycles. The minimum Gasteiger partial charge on any atom is -0.369 e. The molecule has 2 aromatic rings. The highest BCUT2D eigenvalue weighted by Crippen LogP contribution is 2.26. The van der Waals surface area contributed by atoms with Crippen LogP contribution in [0.4, 0.5) is 0 Å². The lowest BCUT2D eigenvalue weighted by Gasteiger charge is -2.06. The van der Waals surface area contributed by atoms with Crippen LogP contribution in [0.2, 0.25) is 0 Å². The van der Waals surface area contributed by atoms with Crippen LogP contribution in [0.5, 0.6) is 0 Å². The molecule has 0 spiro atoms. The van der Waals surface area contributed by atoms with Crippen molar-refractivity contribution in [1.82, 2.24) is 9.97 Å². The van der Waals surface area contributed by atoms with Gasteiger partial charge in [-0.15, -0.1) is 23.1 Å². The van der Waals surface area contributed by atoms with Gasteiger partial charge in [0, 0.05) is 4.88 Å². The molecule has 0 aromatic carbocycles. The molecule has 0 bridgehead atoms. The van der Waals surface area contributed by atoms with Crippen molar-refractivity contribution in [1.29, 1.82) is 0 Å². The summed E-state index contributed by atoms with van der Waals surface area (Å²) >= 11 is 2.88. The number of nitrogens with one attached hydrogen (secondary N) is 1. The Bertz CT molecular complexity index is 690. The minimum absolute atomic E-state index is 0.117. The van der Waals surface area contributed by atoms with Gasteiger partial charge >= 0.3 is 0 Å². The highest BCUT2D eigenvalue weighted by molar-refractivity contribution is 7.99. The van der Waals surface area contributed by atoms with Crippen LogP contribution < -0.4 is 11.3 Å². The molecule has 5 nitrogen and oxygen atoms in total. The predicted molar refractivity (Wildman–Crippen MR) is 79.7 cm³/mol. The molecule has 1 atom stereocenters. The quantitative estimate of drug-likeness (QED) is 0.899. The van der Waals surface area contributed by atoms with Crippen LogP contribution in [0.25, 0.3) is 10.2 Å². The van der Waals surface area contributed by atoms with Crippen LogP contribution in [-0.4, -0.2) is 21.1 Å². The van der Waals surface area contributed by atoms with Crippen LogP contribution in [0.15, 0.2) is 4.79 Å². The number of nitrogens with zero attached hydrogens (tertiary/aromatic N) is 1. The van der Waals surface area contributed by atoms with Crippen LogP contribution >= 0.6 is 23.1 Å². The van der Waals surface area contributed by atoms with Crippen molar-refractivity contribution < 1.29 is 4.79 Å². The number of fused-ring (bicyclic) bond motifs is 1. The van der Waals surface area contributed by atoms with Gasteiger partial charge in [0.2, 0.25) is 5.91 Å². The molecule has 0 fully saturated rings. The molecule has 2 rings (SSSR count). The van der Waals surface area contributed by atoms with Crippen molar-refractivity contribution in [3.63, 3.8) is 0 Å². The second kappa shape index (κ2) is 5.34. The number of carbonyl (C=O) groups excluding carboxylic acids is 1. The van der Waals surface area contributed by atoms with E-state index in [0.29, 0.717) is 17.0 Å². The zero-order valence-corrected chi connectivity index (χ0v) is 12.6. The van der Waals surface area contributed by atoms with Crippen LogP contribution in [0, 0.1) is 13.8 Å². The topological polar surface area (TPSA) is 88.8 Å². The summed E-state index contributed by atoms with van der Waals surface area (Å²) in [7, 11) is 0. The van der Waals surface area contributed by atoms with Gasteiger partial charge in [-0.3, -0.25) is 9.59 Å². The van der Waals surface area contributed by atoms with E-state index in [1.165, 1.54) is 23.1 Å². The highest BCUT2D eigenvalue weighted by Gasteiger charge is 2.14. The molecule has 2 aromatic heterocycles. The van der Waals surface area contributed by atoms with Gasteiger partial charge in [-0.2, -0.15) is 0 Å². The van der Waals surface area contributed by atoms with E-state index in [1.807, 2.05) is 13.8 Å². The molecule has 0 radical (unpaired) electrons. The molecule has 7 heteroatoms. The Morgan fingerprint density at radius 3 is 2.84 bits per heavy atom. The Hall–Kier alpha value is -1.34. The van der Waals surface area contributed by atoms with Crippen LogP contribution in [-0.2, 0) is 10.5 Å². The van der Waals surface area contributed by atoms with E-state index in [1.54, 1.807) is 6.92 Å². The summed E-state index contributed by atoms with van der Waals surface area (Å²) in [6, 6.07) is 0. The van der Waals surface area contributed by atoms with Gasteiger partial charge in [-0.05, 0) is 26.3 Å². The van der Waals surface area contributed by atoms with Gasteiger partial charge in [0.25, 0.3) is 5.56 Å². The number of primary amides is 1. The number of carbonyl (C=O) groups is 1.